The standard InChI is InChI=1S/C21H18ClN3O3S/c1-12-4-5-15-13(9-12)10-14(21(22)23-15)17-11-16(18-3-2-8-29-18)24-25(17)19(26)6-7-20(27)28/h2-5,8-10,17H,6-7,11H2,1H3,(H,27,28)/t17-/m0/s1. The van der Waals surface area contributed by atoms with E-state index in [-0.39, 0.29) is 18.7 Å². The van der Waals surface area contributed by atoms with E-state index < -0.39 is 12.0 Å². The summed E-state index contributed by atoms with van der Waals surface area (Å²) < 4.78 is 0. The van der Waals surface area contributed by atoms with Crippen molar-refractivity contribution in [1.82, 2.24) is 9.99 Å². The number of aryl methyl sites for hydroxylation is 1. The number of aromatic nitrogens is 1. The van der Waals surface area contributed by atoms with E-state index >= 15 is 0 Å². The van der Waals surface area contributed by atoms with Crippen LogP contribution in [0.25, 0.3) is 10.9 Å². The zero-order valence-electron chi connectivity index (χ0n) is 15.6. The summed E-state index contributed by atoms with van der Waals surface area (Å²) in [4.78, 5) is 29.2. The monoisotopic (exact) mass is 427 g/mol. The van der Waals surface area contributed by atoms with Crippen LogP contribution in [0, 0.1) is 6.92 Å². The van der Waals surface area contributed by atoms with Gasteiger partial charge >= 0.3 is 5.97 Å². The van der Waals surface area contributed by atoms with Crippen molar-refractivity contribution < 1.29 is 14.7 Å². The summed E-state index contributed by atoms with van der Waals surface area (Å²) in [6, 6.07) is 11.3. The molecule has 3 heterocycles. The van der Waals surface area contributed by atoms with Crippen LogP contribution in [0.4, 0.5) is 0 Å². The molecule has 0 aliphatic carbocycles. The van der Waals surface area contributed by atoms with Crippen molar-refractivity contribution >= 4 is 51.4 Å². The Morgan fingerprint density at radius 2 is 2.10 bits per heavy atom. The molecule has 0 radical (unpaired) electrons. The Kier molecular flexibility index (Phi) is 5.34. The fraction of sp³-hybridized carbons (Fsp3) is 0.238. The predicted octanol–water partition coefficient (Wildman–Crippen LogP) is 4.80. The molecule has 0 unspecified atom stereocenters. The van der Waals surface area contributed by atoms with Gasteiger partial charge in [-0.1, -0.05) is 29.3 Å². The van der Waals surface area contributed by atoms with Crippen molar-refractivity contribution in [3.63, 3.8) is 0 Å². The first kappa shape index (κ1) is 19.5. The molecule has 0 spiro atoms. The second-order valence-corrected chi connectivity index (χ2v) is 8.25. The molecule has 2 aromatic heterocycles. The number of pyridine rings is 1. The Morgan fingerprint density at radius 1 is 1.28 bits per heavy atom. The van der Waals surface area contributed by atoms with Crippen LogP contribution < -0.4 is 0 Å². The highest BCUT2D eigenvalue weighted by Gasteiger charge is 2.35. The smallest absolute Gasteiger partial charge is 0.303 e. The minimum absolute atomic E-state index is 0.120. The molecule has 8 heteroatoms. The lowest BCUT2D eigenvalue weighted by molar-refractivity contribution is -0.141. The van der Waals surface area contributed by atoms with E-state index in [4.69, 9.17) is 16.7 Å². The second kappa shape index (κ2) is 7.93. The van der Waals surface area contributed by atoms with Gasteiger partial charge in [0.2, 0.25) is 5.91 Å². The van der Waals surface area contributed by atoms with Gasteiger partial charge in [-0.3, -0.25) is 9.59 Å². The van der Waals surface area contributed by atoms with Gasteiger partial charge in [0.25, 0.3) is 0 Å². The van der Waals surface area contributed by atoms with Crippen LogP contribution in [-0.2, 0) is 9.59 Å². The third kappa shape index (κ3) is 4.02. The van der Waals surface area contributed by atoms with E-state index in [0.29, 0.717) is 17.1 Å². The van der Waals surface area contributed by atoms with Gasteiger partial charge in [-0.05, 0) is 36.6 Å². The average molecular weight is 428 g/mol. The van der Waals surface area contributed by atoms with Gasteiger partial charge in [0.15, 0.2) is 0 Å². The number of nitrogens with zero attached hydrogens (tertiary/aromatic N) is 3. The van der Waals surface area contributed by atoms with Gasteiger partial charge in [-0.15, -0.1) is 11.3 Å². The summed E-state index contributed by atoms with van der Waals surface area (Å²) in [6.45, 7) is 2.00. The normalized spacial score (nSPS) is 16.3. The number of rotatable bonds is 5. The lowest BCUT2D eigenvalue weighted by Gasteiger charge is -2.23. The summed E-state index contributed by atoms with van der Waals surface area (Å²) in [5, 5.41) is 18.1. The number of thiophene rings is 1. The van der Waals surface area contributed by atoms with Crippen LogP contribution in [0.5, 0.6) is 0 Å². The van der Waals surface area contributed by atoms with Crippen molar-refractivity contribution in [3.05, 3.63) is 62.9 Å². The highest BCUT2D eigenvalue weighted by atomic mass is 35.5. The molecule has 0 saturated heterocycles. The van der Waals surface area contributed by atoms with Crippen molar-refractivity contribution in [2.24, 2.45) is 5.10 Å². The number of fused-ring (bicyclic) bond motifs is 1. The van der Waals surface area contributed by atoms with Gasteiger partial charge in [0.1, 0.15) is 5.15 Å². The van der Waals surface area contributed by atoms with E-state index in [2.05, 4.69) is 10.1 Å². The topological polar surface area (TPSA) is 82.9 Å². The Morgan fingerprint density at radius 3 is 2.83 bits per heavy atom. The SMILES string of the molecule is Cc1ccc2nc(Cl)c([C@@H]3CC(c4cccs4)=NN3C(=O)CCC(=O)O)cc2c1. The van der Waals surface area contributed by atoms with Crippen LogP contribution >= 0.6 is 22.9 Å². The molecule has 1 N–H and O–H groups in total. The number of hydrazone groups is 1. The highest BCUT2D eigenvalue weighted by molar-refractivity contribution is 7.12. The number of amides is 1. The van der Waals surface area contributed by atoms with Crippen LogP contribution in [0.2, 0.25) is 5.15 Å². The van der Waals surface area contributed by atoms with E-state index in [9.17, 15) is 9.59 Å². The first-order chi connectivity index (χ1) is 13.9. The summed E-state index contributed by atoms with van der Waals surface area (Å²) >= 11 is 8.05. The lowest BCUT2D eigenvalue weighted by atomic mass is 10.00. The first-order valence-corrected chi connectivity index (χ1v) is 10.4. The van der Waals surface area contributed by atoms with Gasteiger partial charge in [0.05, 0.1) is 28.6 Å². The molecule has 1 aliphatic heterocycles. The van der Waals surface area contributed by atoms with Crippen LogP contribution in [0.3, 0.4) is 0 Å². The first-order valence-electron chi connectivity index (χ1n) is 9.14. The van der Waals surface area contributed by atoms with Gasteiger partial charge < -0.3 is 5.11 Å². The maximum absolute atomic E-state index is 12.8. The molecule has 1 atom stereocenters. The molecule has 6 nitrogen and oxygen atoms in total. The molecule has 0 saturated carbocycles. The molecule has 29 heavy (non-hydrogen) atoms. The number of aliphatic carboxylic acids is 1. The van der Waals surface area contributed by atoms with Gasteiger partial charge in [-0.25, -0.2) is 9.99 Å². The Hall–Kier alpha value is -2.77. The number of hydrogen-bond acceptors (Lipinski definition) is 5. The molecule has 3 aromatic rings. The van der Waals surface area contributed by atoms with Crippen molar-refractivity contribution in [2.45, 2.75) is 32.2 Å². The van der Waals surface area contributed by atoms with Gasteiger partial charge in [-0.2, -0.15) is 5.10 Å². The summed E-state index contributed by atoms with van der Waals surface area (Å²) in [5.74, 6) is -1.36. The molecule has 4 rings (SSSR count). The van der Waals surface area contributed by atoms with E-state index in [1.54, 1.807) is 11.3 Å². The maximum atomic E-state index is 12.8. The molecule has 1 aliphatic rings. The number of carboxylic acid groups (broad SMARTS) is 1. The van der Waals surface area contributed by atoms with E-state index in [1.165, 1.54) is 5.01 Å². The number of hydrogen-bond donors (Lipinski definition) is 1. The summed E-state index contributed by atoms with van der Waals surface area (Å²) in [6.07, 6.45) is 0.137. The van der Waals surface area contributed by atoms with Crippen molar-refractivity contribution in [2.75, 3.05) is 0 Å². The zero-order valence-corrected chi connectivity index (χ0v) is 17.2. The van der Waals surface area contributed by atoms with Crippen LogP contribution in [-0.4, -0.2) is 32.7 Å². The molecule has 148 valence electrons. The average Bonchev–Trinajstić information content (AvgIpc) is 3.35. The third-order valence-corrected chi connectivity index (χ3v) is 6.06. The van der Waals surface area contributed by atoms with E-state index in [0.717, 1.165) is 27.1 Å². The minimum Gasteiger partial charge on any atom is -0.481 e. The molecule has 1 amide bonds. The number of carboxylic acids is 1. The highest BCUT2D eigenvalue weighted by Crippen LogP contribution is 2.38. The Bertz CT molecular complexity index is 1130. The van der Waals surface area contributed by atoms with Crippen LogP contribution in [0.15, 0.2) is 46.9 Å². The molecule has 1 aromatic carbocycles. The molecular weight excluding hydrogens is 410 g/mol. The predicted molar refractivity (Wildman–Crippen MR) is 113 cm³/mol. The number of benzene rings is 1. The van der Waals surface area contributed by atoms with Crippen molar-refractivity contribution in [3.8, 4) is 0 Å². The van der Waals surface area contributed by atoms with Gasteiger partial charge in [0, 0.05) is 23.8 Å². The fourth-order valence-electron chi connectivity index (χ4n) is 3.42. The number of carbonyl (C=O) groups is 2. The molecular formula is C21H18ClN3O3S. The zero-order chi connectivity index (χ0) is 20.5. The van der Waals surface area contributed by atoms with E-state index in [1.807, 2.05) is 48.7 Å². The largest absolute Gasteiger partial charge is 0.481 e. The summed E-state index contributed by atoms with van der Waals surface area (Å²) in [5.41, 5.74) is 3.38. The number of carbonyl (C=O) groups excluding carboxylic acids is 1. The maximum Gasteiger partial charge on any atom is 0.303 e. The van der Waals surface area contributed by atoms with Crippen molar-refractivity contribution in [1.29, 1.82) is 0 Å². The lowest BCUT2D eigenvalue weighted by Crippen LogP contribution is -2.27. The Balaban J connectivity index is 1.74. The quantitative estimate of drug-likeness (QED) is 0.593. The third-order valence-electron chi connectivity index (χ3n) is 4.83. The van der Waals surface area contributed by atoms with Crippen LogP contribution in [0.1, 0.15) is 41.3 Å². The minimum atomic E-state index is -1.02. The number of halogens is 1. The fourth-order valence-corrected chi connectivity index (χ4v) is 4.42. The Labute approximate surface area is 176 Å². The summed E-state index contributed by atoms with van der Waals surface area (Å²) in [7, 11) is 0. The molecule has 0 bridgehead atoms. The second-order valence-electron chi connectivity index (χ2n) is 6.94. The molecule has 0 fully saturated rings.